The number of aliphatic carboxylic acids is 2. The zero-order valence-electron chi connectivity index (χ0n) is 14.9. The van der Waals surface area contributed by atoms with E-state index in [-0.39, 0.29) is 0 Å². The average molecular weight is 356 g/mol. The van der Waals surface area contributed by atoms with Gasteiger partial charge in [0.05, 0.1) is 0 Å². The van der Waals surface area contributed by atoms with Crippen LogP contribution in [0.4, 0.5) is 0 Å². The fraction of sp³-hybridized carbons (Fsp3) is 0.684. The van der Waals surface area contributed by atoms with Crippen molar-refractivity contribution in [1.82, 2.24) is 0 Å². The summed E-state index contributed by atoms with van der Waals surface area (Å²) in [5.41, 5.74) is 0.595. The van der Waals surface area contributed by atoms with Crippen LogP contribution in [0.1, 0.15) is 51.4 Å². The topological polar surface area (TPSA) is 115 Å². The van der Waals surface area contributed by atoms with E-state index in [0.29, 0.717) is 30.5 Å². The molecule has 0 aromatic rings. The maximum absolute atomic E-state index is 9.25. The van der Waals surface area contributed by atoms with Crippen LogP contribution in [0.5, 0.6) is 0 Å². The molecule has 0 unspecified atom stereocenters. The number of rotatable bonds is 4. The Morgan fingerprint density at radius 3 is 1.20 bits per heavy atom. The Kier molecular flexibility index (Phi) is 11.8. The first-order valence-corrected chi connectivity index (χ1v) is 8.75. The number of aliphatic hydroxyl groups is 2. The molecule has 0 amide bonds. The van der Waals surface area contributed by atoms with Crippen LogP contribution >= 0.6 is 0 Å². The van der Waals surface area contributed by atoms with E-state index in [0.717, 1.165) is 12.2 Å². The van der Waals surface area contributed by atoms with Crippen LogP contribution in [0.3, 0.4) is 0 Å². The van der Waals surface area contributed by atoms with Crippen molar-refractivity contribution in [3.63, 3.8) is 0 Å². The molecule has 0 radical (unpaired) electrons. The lowest BCUT2D eigenvalue weighted by Crippen LogP contribution is -2.33. The molecule has 6 heteroatoms. The Labute approximate surface area is 149 Å². The zero-order chi connectivity index (χ0) is 19.3. The molecule has 4 N–H and O–H groups in total. The van der Waals surface area contributed by atoms with Gasteiger partial charge in [-0.25, -0.2) is 9.59 Å². The zero-order valence-corrected chi connectivity index (χ0v) is 14.9. The lowest BCUT2D eigenvalue weighted by molar-refractivity contribution is -0.132. The molecule has 0 aromatic heterocycles. The van der Waals surface area contributed by atoms with Crippen molar-refractivity contribution >= 4 is 11.9 Å². The molecule has 6 nitrogen and oxygen atoms in total. The van der Waals surface area contributed by atoms with Crippen molar-refractivity contribution in [2.75, 3.05) is 13.2 Å². The van der Waals surface area contributed by atoms with Crippen molar-refractivity contribution in [3.05, 3.63) is 25.3 Å². The molecule has 0 aliphatic heterocycles. The van der Waals surface area contributed by atoms with E-state index in [4.69, 9.17) is 20.4 Å². The highest BCUT2D eigenvalue weighted by molar-refractivity contribution is 5.79. The van der Waals surface area contributed by atoms with Gasteiger partial charge in [0, 0.05) is 25.4 Å². The largest absolute Gasteiger partial charge is 0.478 e. The quantitative estimate of drug-likeness (QED) is 0.576. The van der Waals surface area contributed by atoms with Crippen LogP contribution in [-0.2, 0) is 9.59 Å². The standard InChI is InChI=1S/C13H24O2.2C3H4O2/c14-9-11-1-5-13(6-2-11)7-3-12(10-15)4-8-13;2*1-2-3(4)5/h11-12,14-15H,1-10H2;2*2H,1H2,(H,4,5). The molecule has 1 spiro atoms. The van der Waals surface area contributed by atoms with Gasteiger partial charge in [-0.05, 0) is 68.6 Å². The van der Waals surface area contributed by atoms with Crippen molar-refractivity contribution in [1.29, 1.82) is 0 Å². The second-order valence-corrected chi connectivity index (χ2v) is 6.84. The predicted octanol–water partition coefficient (Wildman–Crippen LogP) is 2.85. The smallest absolute Gasteiger partial charge is 0.327 e. The van der Waals surface area contributed by atoms with Gasteiger partial charge in [0.15, 0.2) is 0 Å². The van der Waals surface area contributed by atoms with E-state index < -0.39 is 11.9 Å². The normalized spacial score (nSPS) is 27.8. The number of hydrogen-bond acceptors (Lipinski definition) is 4. The second kappa shape index (κ2) is 12.7. The minimum absolute atomic E-state index is 0.384. The summed E-state index contributed by atoms with van der Waals surface area (Å²) in [6.45, 7) is 6.69. The molecular weight excluding hydrogens is 324 g/mol. The highest BCUT2D eigenvalue weighted by Gasteiger charge is 2.37. The lowest BCUT2D eigenvalue weighted by Gasteiger charge is -2.44. The summed E-state index contributed by atoms with van der Waals surface area (Å²) in [4.78, 5) is 18.5. The van der Waals surface area contributed by atoms with Gasteiger partial charge in [-0.3, -0.25) is 0 Å². The summed E-state index contributed by atoms with van der Waals surface area (Å²) in [6.07, 6.45) is 11.8. The molecule has 0 bridgehead atoms. The maximum Gasteiger partial charge on any atom is 0.327 e. The Hall–Kier alpha value is -1.66. The Morgan fingerprint density at radius 2 is 1.04 bits per heavy atom. The van der Waals surface area contributed by atoms with Gasteiger partial charge in [-0.15, -0.1) is 0 Å². The molecule has 2 fully saturated rings. The summed E-state index contributed by atoms with van der Waals surface area (Å²) in [5.74, 6) is -0.813. The number of carboxylic acids is 2. The van der Waals surface area contributed by atoms with Crippen LogP contribution in [0.25, 0.3) is 0 Å². The third-order valence-electron chi connectivity index (χ3n) is 5.20. The first kappa shape index (κ1) is 23.3. The summed E-state index contributed by atoms with van der Waals surface area (Å²) in [5, 5.41) is 33.5. The van der Waals surface area contributed by atoms with E-state index in [1.54, 1.807) is 0 Å². The van der Waals surface area contributed by atoms with Gasteiger partial charge in [0.1, 0.15) is 0 Å². The summed E-state index contributed by atoms with van der Waals surface area (Å²) >= 11 is 0. The summed E-state index contributed by atoms with van der Waals surface area (Å²) < 4.78 is 0. The monoisotopic (exact) mass is 356 g/mol. The second-order valence-electron chi connectivity index (χ2n) is 6.84. The highest BCUT2D eigenvalue weighted by Crippen LogP contribution is 2.49. The minimum atomic E-state index is -0.981. The van der Waals surface area contributed by atoms with Crippen LogP contribution < -0.4 is 0 Å². The van der Waals surface area contributed by atoms with Gasteiger partial charge in [0.25, 0.3) is 0 Å². The van der Waals surface area contributed by atoms with Crippen LogP contribution in [0.2, 0.25) is 0 Å². The molecule has 25 heavy (non-hydrogen) atoms. The van der Waals surface area contributed by atoms with Gasteiger partial charge < -0.3 is 20.4 Å². The number of hydrogen-bond donors (Lipinski definition) is 4. The number of carbonyl (C=O) groups is 2. The van der Waals surface area contributed by atoms with Crippen molar-refractivity contribution in [3.8, 4) is 0 Å². The molecule has 2 aliphatic carbocycles. The molecule has 0 saturated heterocycles. The number of carboxylic acid groups (broad SMARTS) is 2. The molecule has 0 aromatic carbocycles. The summed E-state index contributed by atoms with van der Waals surface area (Å²) in [6, 6.07) is 0. The predicted molar refractivity (Wildman–Crippen MR) is 96.2 cm³/mol. The fourth-order valence-corrected chi connectivity index (χ4v) is 3.45. The molecule has 144 valence electrons. The van der Waals surface area contributed by atoms with Crippen LogP contribution in [-0.4, -0.2) is 45.6 Å². The van der Waals surface area contributed by atoms with E-state index in [1.165, 1.54) is 51.4 Å². The number of aliphatic hydroxyl groups excluding tert-OH is 2. The lowest BCUT2D eigenvalue weighted by atomic mass is 9.62. The average Bonchev–Trinajstić information content (AvgIpc) is 2.64. The van der Waals surface area contributed by atoms with E-state index >= 15 is 0 Å². The molecule has 2 aliphatic rings. The van der Waals surface area contributed by atoms with Crippen LogP contribution in [0.15, 0.2) is 25.3 Å². The molecule has 0 heterocycles. The Bertz CT molecular complexity index is 372. The van der Waals surface area contributed by atoms with Gasteiger partial charge in [0.2, 0.25) is 0 Å². The first-order chi connectivity index (χ1) is 11.8. The van der Waals surface area contributed by atoms with E-state index in [9.17, 15) is 9.59 Å². The van der Waals surface area contributed by atoms with Crippen molar-refractivity contribution in [2.24, 2.45) is 17.3 Å². The SMILES string of the molecule is C=CC(=O)O.C=CC(=O)O.OCC1CCC2(CC1)CCC(CO)CC2. The van der Waals surface area contributed by atoms with Crippen molar-refractivity contribution in [2.45, 2.75) is 51.4 Å². The van der Waals surface area contributed by atoms with Crippen molar-refractivity contribution < 1.29 is 30.0 Å². The minimum Gasteiger partial charge on any atom is -0.478 e. The third-order valence-corrected chi connectivity index (χ3v) is 5.20. The Balaban J connectivity index is 0.000000480. The summed E-state index contributed by atoms with van der Waals surface area (Å²) in [7, 11) is 0. The van der Waals surface area contributed by atoms with E-state index in [1.807, 2.05) is 0 Å². The molecular formula is C19H32O6. The van der Waals surface area contributed by atoms with E-state index in [2.05, 4.69) is 13.2 Å². The van der Waals surface area contributed by atoms with Crippen LogP contribution in [0, 0.1) is 17.3 Å². The van der Waals surface area contributed by atoms with Gasteiger partial charge in [-0.1, -0.05) is 13.2 Å². The maximum atomic E-state index is 9.25. The third kappa shape index (κ3) is 10.0. The van der Waals surface area contributed by atoms with Gasteiger partial charge in [-0.2, -0.15) is 0 Å². The Morgan fingerprint density at radius 1 is 0.800 bits per heavy atom. The fourth-order valence-electron chi connectivity index (χ4n) is 3.45. The highest BCUT2D eigenvalue weighted by atomic mass is 16.4. The first-order valence-electron chi connectivity index (χ1n) is 8.75. The molecule has 0 atom stereocenters. The molecule has 2 saturated carbocycles. The molecule has 2 rings (SSSR count). The van der Waals surface area contributed by atoms with Gasteiger partial charge >= 0.3 is 11.9 Å².